The first kappa shape index (κ1) is 15.4. The molecule has 0 saturated carbocycles. The summed E-state index contributed by atoms with van der Waals surface area (Å²) in [6.45, 7) is 1.62. The van der Waals surface area contributed by atoms with Crippen LogP contribution in [0.25, 0.3) is 0 Å². The van der Waals surface area contributed by atoms with Crippen LogP contribution in [0.5, 0.6) is 0 Å². The Morgan fingerprint density at radius 1 is 1.12 bits per heavy atom. The summed E-state index contributed by atoms with van der Waals surface area (Å²) in [7, 11) is 0. The lowest BCUT2D eigenvalue weighted by Crippen LogP contribution is -2.39. The first-order valence-corrected chi connectivity index (χ1v) is 9.08. The van der Waals surface area contributed by atoms with Crippen LogP contribution in [0.4, 0.5) is 0 Å². The predicted octanol–water partition coefficient (Wildman–Crippen LogP) is 3.09. The Kier molecular flexibility index (Phi) is 4.32. The average molecular weight is 324 g/mol. The van der Waals surface area contributed by atoms with Gasteiger partial charge in [0.1, 0.15) is 0 Å². The van der Waals surface area contributed by atoms with Crippen LogP contribution in [0.3, 0.4) is 0 Å². The SMILES string of the molecule is O=C(c1n[nH]c2c1CCCCC2)N1CCC[C@H](c2ccncc2)C1. The summed E-state index contributed by atoms with van der Waals surface area (Å²) in [4.78, 5) is 19.1. The molecule has 3 heterocycles. The van der Waals surface area contributed by atoms with Crippen molar-refractivity contribution in [3.63, 3.8) is 0 Å². The van der Waals surface area contributed by atoms with Crippen LogP contribution < -0.4 is 0 Å². The fraction of sp³-hybridized carbons (Fsp3) is 0.526. The van der Waals surface area contributed by atoms with Crippen molar-refractivity contribution in [1.82, 2.24) is 20.1 Å². The first-order valence-electron chi connectivity index (χ1n) is 9.08. The van der Waals surface area contributed by atoms with E-state index in [-0.39, 0.29) is 5.91 Å². The molecule has 0 bridgehead atoms. The molecule has 5 nitrogen and oxygen atoms in total. The van der Waals surface area contributed by atoms with Crippen LogP contribution >= 0.6 is 0 Å². The van der Waals surface area contributed by atoms with Gasteiger partial charge in [-0.2, -0.15) is 5.10 Å². The highest BCUT2D eigenvalue weighted by Gasteiger charge is 2.29. The molecule has 0 aromatic carbocycles. The van der Waals surface area contributed by atoms with Gasteiger partial charge in [0.25, 0.3) is 5.91 Å². The van der Waals surface area contributed by atoms with Crippen molar-refractivity contribution in [2.75, 3.05) is 13.1 Å². The zero-order valence-corrected chi connectivity index (χ0v) is 14.0. The third kappa shape index (κ3) is 2.95. The largest absolute Gasteiger partial charge is 0.337 e. The van der Waals surface area contributed by atoms with E-state index in [0.29, 0.717) is 11.6 Å². The van der Waals surface area contributed by atoms with E-state index in [4.69, 9.17) is 0 Å². The quantitative estimate of drug-likeness (QED) is 0.864. The number of hydrogen-bond donors (Lipinski definition) is 1. The second-order valence-electron chi connectivity index (χ2n) is 6.96. The van der Waals surface area contributed by atoms with Crippen LogP contribution in [0, 0.1) is 0 Å². The number of nitrogens with zero attached hydrogens (tertiary/aromatic N) is 3. The summed E-state index contributed by atoms with van der Waals surface area (Å²) in [5.41, 5.74) is 4.30. The van der Waals surface area contributed by atoms with Crippen molar-refractivity contribution >= 4 is 5.91 Å². The Morgan fingerprint density at radius 2 is 1.96 bits per heavy atom. The van der Waals surface area contributed by atoms with E-state index >= 15 is 0 Å². The van der Waals surface area contributed by atoms with Gasteiger partial charge in [0.2, 0.25) is 0 Å². The van der Waals surface area contributed by atoms with Gasteiger partial charge >= 0.3 is 0 Å². The highest BCUT2D eigenvalue weighted by atomic mass is 16.2. The van der Waals surface area contributed by atoms with Gasteiger partial charge in [-0.3, -0.25) is 14.9 Å². The van der Waals surface area contributed by atoms with Crippen LogP contribution in [0.15, 0.2) is 24.5 Å². The molecule has 1 atom stereocenters. The summed E-state index contributed by atoms with van der Waals surface area (Å²) in [6, 6.07) is 4.14. The molecule has 2 aromatic rings. The Labute approximate surface area is 142 Å². The summed E-state index contributed by atoms with van der Waals surface area (Å²) in [5, 5.41) is 7.51. The summed E-state index contributed by atoms with van der Waals surface area (Å²) in [5.74, 6) is 0.511. The molecular formula is C19H24N4O. The second kappa shape index (κ2) is 6.75. The van der Waals surface area contributed by atoms with E-state index in [9.17, 15) is 4.79 Å². The first-order chi connectivity index (χ1) is 11.8. The van der Waals surface area contributed by atoms with E-state index in [1.165, 1.54) is 29.7 Å². The fourth-order valence-corrected chi connectivity index (χ4v) is 4.05. The Balaban J connectivity index is 1.53. The number of carbonyl (C=O) groups is 1. The number of hydrogen-bond acceptors (Lipinski definition) is 3. The van der Waals surface area contributed by atoms with E-state index in [2.05, 4.69) is 27.3 Å². The van der Waals surface area contributed by atoms with Crippen molar-refractivity contribution < 1.29 is 4.79 Å². The highest BCUT2D eigenvalue weighted by molar-refractivity contribution is 5.94. The number of H-pyrrole nitrogens is 1. The van der Waals surface area contributed by atoms with Gasteiger partial charge in [0.05, 0.1) is 0 Å². The minimum absolute atomic E-state index is 0.105. The number of fused-ring (bicyclic) bond motifs is 1. The predicted molar refractivity (Wildman–Crippen MR) is 92.0 cm³/mol. The molecule has 1 aliphatic carbocycles. The highest BCUT2D eigenvalue weighted by Crippen LogP contribution is 2.28. The molecule has 2 aliphatic rings. The van der Waals surface area contributed by atoms with E-state index in [0.717, 1.165) is 45.2 Å². The lowest BCUT2D eigenvalue weighted by molar-refractivity contribution is 0.0700. The van der Waals surface area contributed by atoms with Crippen molar-refractivity contribution in [2.24, 2.45) is 0 Å². The Bertz CT molecular complexity index is 709. The molecule has 1 saturated heterocycles. The number of nitrogens with one attached hydrogen (secondary N) is 1. The number of pyridine rings is 1. The van der Waals surface area contributed by atoms with Gasteiger partial charge in [-0.1, -0.05) is 6.42 Å². The Morgan fingerprint density at radius 3 is 2.83 bits per heavy atom. The molecule has 4 rings (SSSR count). The van der Waals surface area contributed by atoms with Crippen LogP contribution in [-0.4, -0.2) is 39.1 Å². The molecule has 5 heteroatoms. The molecule has 0 spiro atoms. The van der Waals surface area contributed by atoms with Gasteiger partial charge in [-0.25, -0.2) is 0 Å². The van der Waals surface area contributed by atoms with Crippen molar-refractivity contribution in [1.29, 1.82) is 0 Å². The van der Waals surface area contributed by atoms with Gasteiger partial charge in [-0.15, -0.1) is 0 Å². The molecule has 1 aliphatic heterocycles. The number of carbonyl (C=O) groups excluding carboxylic acids is 1. The number of aromatic amines is 1. The van der Waals surface area contributed by atoms with E-state index < -0.39 is 0 Å². The number of likely N-dealkylation sites (tertiary alicyclic amines) is 1. The maximum Gasteiger partial charge on any atom is 0.274 e. The van der Waals surface area contributed by atoms with Crippen LogP contribution in [-0.2, 0) is 12.8 Å². The van der Waals surface area contributed by atoms with Crippen LogP contribution in [0.2, 0.25) is 0 Å². The van der Waals surface area contributed by atoms with E-state index in [1.54, 1.807) is 0 Å². The topological polar surface area (TPSA) is 61.9 Å². The summed E-state index contributed by atoms with van der Waals surface area (Å²) in [6.07, 6.45) is 11.4. The number of aryl methyl sites for hydroxylation is 1. The molecule has 1 N–H and O–H groups in total. The number of aromatic nitrogens is 3. The standard InChI is InChI=1S/C19H24N4O/c24-19(18-16-6-2-1-3-7-17(16)21-22-18)23-12-4-5-15(13-23)14-8-10-20-11-9-14/h8-11,15H,1-7,12-13H2,(H,21,22)/t15-/m0/s1. The molecule has 2 aromatic heterocycles. The zero-order chi connectivity index (χ0) is 16.4. The average Bonchev–Trinajstić information content (AvgIpc) is 2.90. The maximum atomic E-state index is 13.1. The molecule has 1 fully saturated rings. The monoisotopic (exact) mass is 324 g/mol. The fourth-order valence-electron chi connectivity index (χ4n) is 4.05. The van der Waals surface area contributed by atoms with Gasteiger partial charge in [0.15, 0.2) is 5.69 Å². The Hall–Kier alpha value is -2.17. The molecule has 24 heavy (non-hydrogen) atoms. The van der Waals surface area contributed by atoms with Crippen molar-refractivity contribution in [3.05, 3.63) is 47.0 Å². The number of amides is 1. The molecule has 126 valence electrons. The van der Waals surface area contributed by atoms with Crippen molar-refractivity contribution in [2.45, 2.75) is 50.9 Å². The molecule has 0 radical (unpaired) electrons. The molecular weight excluding hydrogens is 300 g/mol. The third-order valence-electron chi connectivity index (χ3n) is 5.40. The summed E-state index contributed by atoms with van der Waals surface area (Å²) < 4.78 is 0. The van der Waals surface area contributed by atoms with Crippen molar-refractivity contribution in [3.8, 4) is 0 Å². The lowest BCUT2D eigenvalue weighted by atomic mass is 9.91. The normalized spacial score (nSPS) is 21.2. The number of piperidine rings is 1. The van der Waals surface area contributed by atoms with E-state index in [1.807, 2.05) is 17.3 Å². The third-order valence-corrected chi connectivity index (χ3v) is 5.40. The van der Waals surface area contributed by atoms with Gasteiger partial charge < -0.3 is 4.90 Å². The minimum atomic E-state index is 0.105. The zero-order valence-electron chi connectivity index (χ0n) is 14.0. The molecule has 1 amide bonds. The van der Waals surface area contributed by atoms with Gasteiger partial charge in [0, 0.05) is 42.7 Å². The van der Waals surface area contributed by atoms with Gasteiger partial charge in [-0.05, 0) is 56.2 Å². The maximum absolute atomic E-state index is 13.1. The lowest BCUT2D eigenvalue weighted by Gasteiger charge is -2.32. The van der Waals surface area contributed by atoms with Crippen LogP contribution in [0.1, 0.15) is 65.3 Å². The second-order valence-corrected chi connectivity index (χ2v) is 6.96. The summed E-state index contributed by atoms with van der Waals surface area (Å²) >= 11 is 0. The smallest absolute Gasteiger partial charge is 0.274 e. The molecule has 0 unspecified atom stereocenters. The minimum Gasteiger partial charge on any atom is -0.337 e. The number of rotatable bonds is 2.